The number of para-hydroxylation sites is 1. The molecule has 5 heteroatoms. The number of methoxy groups -OCH3 is 1. The first kappa shape index (κ1) is 17.9. The molecule has 1 aromatic carbocycles. The molecule has 1 aliphatic rings. The second-order valence-corrected chi connectivity index (χ2v) is 6.16. The van der Waals surface area contributed by atoms with Crippen LogP contribution in [0.1, 0.15) is 25.3 Å². The molecule has 1 saturated heterocycles. The van der Waals surface area contributed by atoms with E-state index in [4.69, 9.17) is 4.74 Å². The van der Waals surface area contributed by atoms with Crippen molar-refractivity contribution in [1.29, 1.82) is 5.26 Å². The lowest BCUT2D eigenvalue weighted by Crippen LogP contribution is -2.38. The number of hydrogen-bond acceptors (Lipinski definition) is 4. The molecule has 0 saturated carbocycles. The maximum atomic E-state index is 12.4. The van der Waals surface area contributed by atoms with E-state index in [0.29, 0.717) is 12.5 Å². The van der Waals surface area contributed by atoms with Crippen LogP contribution in [-0.2, 0) is 11.2 Å². The summed E-state index contributed by atoms with van der Waals surface area (Å²) in [7, 11) is 1.65. The smallest absolute Gasteiger partial charge is 0.265 e. The van der Waals surface area contributed by atoms with E-state index in [1.165, 1.54) is 6.20 Å². The van der Waals surface area contributed by atoms with Crippen molar-refractivity contribution in [2.24, 2.45) is 5.92 Å². The molecular weight excluding hydrogens is 302 g/mol. The normalized spacial score (nSPS) is 15.7. The molecule has 1 N–H and O–H groups in total. The van der Waals surface area contributed by atoms with Crippen molar-refractivity contribution in [1.82, 2.24) is 10.2 Å². The van der Waals surface area contributed by atoms with Gasteiger partial charge in [0.25, 0.3) is 5.91 Å². The molecule has 0 aliphatic carbocycles. The van der Waals surface area contributed by atoms with Gasteiger partial charge in [0.05, 0.1) is 7.11 Å². The van der Waals surface area contributed by atoms with E-state index in [1.807, 2.05) is 30.3 Å². The van der Waals surface area contributed by atoms with Gasteiger partial charge in [0.1, 0.15) is 17.4 Å². The first-order chi connectivity index (χ1) is 11.7. The van der Waals surface area contributed by atoms with Crippen LogP contribution < -0.4 is 10.1 Å². The summed E-state index contributed by atoms with van der Waals surface area (Å²) in [5.41, 5.74) is 1.26. The second-order valence-electron chi connectivity index (χ2n) is 6.16. The molecule has 0 bridgehead atoms. The predicted octanol–water partition coefficient (Wildman–Crippen LogP) is 2.49. The number of nitriles is 1. The van der Waals surface area contributed by atoms with Crippen molar-refractivity contribution in [2.45, 2.75) is 26.2 Å². The van der Waals surface area contributed by atoms with Gasteiger partial charge in [-0.1, -0.05) is 25.1 Å². The Bertz CT molecular complexity index is 626. The van der Waals surface area contributed by atoms with E-state index in [9.17, 15) is 10.1 Å². The average Bonchev–Trinajstić information content (AvgIpc) is 2.62. The number of piperidine rings is 1. The molecule has 0 spiro atoms. The minimum atomic E-state index is -0.172. The van der Waals surface area contributed by atoms with Crippen molar-refractivity contribution in [2.75, 3.05) is 26.7 Å². The van der Waals surface area contributed by atoms with Gasteiger partial charge in [-0.15, -0.1) is 0 Å². The Hall–Kier alpha value is -2.48. The largest absolute Gasteiger partial charge is 0.496 e. The van der Waals surface area contributed by atoms with Crippen LogP contribution in [0.15, 0.2) is 36.0 Å². The van der Waals surface area contributed by atoms with Gasteiger partial charge in [-0.05, 0) is 36.8 Å². The summed E-state index contributed by atoms with van der Waals surface area (Å²) >= 11 is 0. The Labute approximate surface area is 143 Å². The molecule has 0 atom stereocenters. The number of nitrogens with one attached hydrogen (secondary N) is 1. The molecule has 1 heterocycles. The Morgan fingerprint density at radius 2 is 2.12 bits per heavy atom. The molecule has 24 heavy (non-hydrogen) atoms. The Balaban J connectivity index is 1.87. The summed E-state index contributed by atoms with van der Waals surface area (Å²) in [4.78, 5) is 14.2. The lowest BCUT2D eigenvalue weighted by molar-refractivity contribution is -0.128. The monoisotopic (exact) mass is 327 g/mol. The first-order valence-corrected chi connectivity index (χ1v) is 8.40. The highest BCUT2D eigenvalue weighted by molar-refractivity contribution is 5.97. The highest BCUT2D eigenvalue weighted by atomic mass is 16.5. The highest BCUT2D eigenvalue weighted by Gasteiger charge is 2.22. The van der Waals surface area contributed by atoms with Gasteiger partial charge in [-0.3, -0.25) is 4.79 Å². The van der Waals surface area contributed by atoms with Crippen molar-refractivity contribution in [3.05, 3.63) is 41.6 Å². The molecule has 2 rings (SSSR count). The summed E-state index contributed by atoms with van der Waals surface area (Å²) in [6.07, 6.45) is 4.31. The fourth-order valence-electron chi connectivity index (χ4n) is 2.81. The number of likely N-dealkylation sites (tertiary alicyclic amines) is 1. The van der Waals surface area contributed by atoms with E-state index in [-0.39, 0.29) is 11.5 Å². The summed E-state index contributed by atoms with van der Waals surface area (Å²) in [6.45, 7) is 4.30. The second kappa shape index (κ2) is 8.97. The van der Waals surface area contributed by atoms with Gasteiger partial charge < -0.3 is 15.0 Å². The predicted molar refractivity (Wildman–Crippen MR) is 93.4 cm³/mol. The lowest BCUT2D eigenvalue weighted by atomic mass is 9.99. The summed E-state index contributed by atoms with van der Waals surface area (Å²) < 4.78 is 5.31. The third kappa shape index (κ3) is 4.76. The average molecular weight is 327 g/mol. The Kier molecular flexibility index (Phi) is 6.68. The zero-order valence-electron chi connectivity index (χ0n) is 14.4. The van der Waals surface area contributed by atoms with Crippen molar-refractivity contribution in [3.8, 4) is 11.8 Å². The number of amides is 1. The van der Waals surface area contributed by atoms with Gasteiger partial charge in [-0.25, -0.2) is 0 Å². The molecule has 1 fully saturated rings. The summed E-state index contributed by atoms with van der Waals surface area (Å²) in [5.74, 6) is 1.33. The molecule has 0 radical (unpaired) electrons. The number of ether oxygens (including phenoxy) is 1. The van der Waals surface area contributed by atoms with E-state index in [2.05, 4.69) is 12.2 Å². The van der Waals surface area contributed by atoms with Gasteiger partial charge in [0, 0.05) is 25.8 Å². The molecular formula is C19H25N3O2. The summed E-state index contributed by atoms with van der Waals surface area (Å²) in [5, 5.41) is 12.3. The molecule has 5 nitrogen and oxygen atoms in total. The number of nitrogens with zero attached hydrogens (tertiary/aromatic N) is 2. The van der Waals surface area contributed by atoms with Crippen LogP contribution in [0, 0.1) is 17.2 Å². The van der Waals surface area contributed by atoms with Crippen LogP contribution in [0.2, 0.25) is 0 Å². The molecule has 128 valence electrons. The number of carbonyl (C=O) groups excluding carboxylic acids is 1. The van der Waals surface area contributed by atoms with Crippen molar-refractivity contribution >= 4 is 5.91 Å². The third-order valence-corrected chi connectivity index (χ3v) is 4.40. The Morgan fingerprint density at radius 3 is 2.79 bits per heavy atom. The van der Waals surface area contributed by atoms with Gasteiger partial charge >= 0.3 is 0 Å². The molecule has 0 unspecified atom stereocenters. The van der Waals surface area contributed by atoms with Crippen molar-refractivity contribution < 1.29 is 9.53 Å². The fourth-order valence-corrected chi connectivity index (χ4v) is 2.81. The molecule has 1 amide bonds. The Morgan fingerprint density at radius 1 is 1.42 bits per heavy atom. The number of benzene rings is 1. The molecule has 0 aromatic heterocycles. The van der Waals surface area contributed by atoms with E-state index >= 15 is 0 Å². The zero-order valence-corrected chi connectivity index (χ0v) is 14.4. The minimum Gasteiger partial charge on any atom is -0.496 e. The van der Waals surface area contributed by atoms with E-state index < -0.39 is 0 Å². The van der Waals surface area contributed by atoms with Crippen LogP contribution in [0.25, 0.3) is 0 Å². The minimum absolute atomic E-state index is 0.171. The molecule has 1 aromatic rings. The lowest BCUT2D eigenvalue weighted by Gasteiger charge is -2.30. The molecule has 1 aliphatic heterocycles. The van der Waals surface area contributed by atoms with E-state index in [1.54, 1.807) is 12.0 Å². The van der Waals surface area contributed by atoms with Gasteiger partial charge in [0.2, 0.25) is 0 Å². The first-order valence-electron chi connectivity index (χ1n) is 8.40. The van der Waals surface area contributed by atoms with Crippen LogP contribution in [0.3, 0.4) is 0 Å². The number of rotatable bonds is 6. The SMILES string of the molecule is COc1ccccc1CCN/C=C(/C#N)C(=O)N1CCC(C)CC1. The van der Waals surface area contributed by atoms with Gasteiger partial charge in [-0.2, -0.15) is 5.26 Å². The van der Waals surface area contributed by atoms with Crippen LogP contribution in [0.5, 0.6) is 5.75 Å². The summed E-state index contributed by atoms with van der Waals surface area (Å²) in [6, 6.07) is 9.85. The fraction of sp³-hybridized carbons (Fsp3) is 0.474. The topological polar surface area (TPSA) is 65.4 Å². The maximum absolute atomic E-state index is 12.4. The quantitative estimate of drug-likeness (QED) is 0.495. The third-order valence-electron chi connectivity index (χ3n) is 4.40. The van der Waals surface area contributed by atoms with Gasteiger partial charge in [0.15, 0.2) is 0 Å². The zero-order chi connectivity index (χ0) is 17.4. The van der Waals surface area contributed by atoms with Crippen LogP contribution >= 0.6 is 0 Å². The maximum Gasteiger partial charge on any atom is 0.265 e. The standard InChI is InChI=1S/C19H25N3O2/c1-15-8-11-22(12-9-15)19(23)17(13-20)14-21-10-7-16-5-3-4-6-18(16)24-2/h3-6,14-15,21H,7-12H2,1-2H3/b17-14-. The van der Waals surface area contributed by atoms with Crippen LogP contribution in [0.4, 0.5) is 0 Å². The highest BCUT2D eigenvalue weighted by Crippen LogP contribution is 2.18. The van der Waals surface area contributed by atoms with Crippen LogP contribution in [-0.4, -0.2) is 37.6 Å². The number of hydrogen-bond donors (Lipinski definition) is 1. The van der Waals surface area contributed by atoms with E-state index in [0.717, 1.165) is 43.7 Å². The number of carbonyl (C=O) groups is 1. The van der Waals surface area contributed by atoms with Crippen molar-refractivity contribution in [3.63, 3.8) is 0 Å².